The van der Waals surface area contributed by atoms with E-state index in [1.165, 1.54) is 18.8 Å². The Morgan fingerprint density at radius 2 is 2.22 bits per heavy atom. The minimum absolute atomic E-state index is 0.0583. The largest absolute Gasteiger partial charge is 0.505 e. The second-order valence-electron chi connectivity index (χ2n) is 5.18. The number of aromatic hydroxyl groups is 1. The number of carbonyl (C=O) groups is 1. The van der Waals surface area contributed by atoms with Gasteiger partial charge in [-0.05, 0) is 31.2 Å². The van der Waals surface area contributed by atoms with Gasteiger partial charge in [-0.1, -0.05) is 19.8 Å². The molecule has 0 bridgehead atoms. The number of hydrogen-bond acceptors (Lipinski definition) is 3. The third kappa shape index (κ3) is 3.22. The van der Waals surface area contributed by atoms with Gasteiger partial charge < -0.3 is 10.4 Å². The van der Waals surface area contributed by atoms with Gasteiger partial charge in [-0.2, -0.15) is 0 Å². The number of aromatic nitrogens is 1. The molecule has 2 rings (SSSR count). The molecule has 1 aliphatic rings. The summed E-state index contributed by atoms with van der Waals surface area (Å²) in [5.74, 6) is 0.493. The molecule has 2 atom stereocenters. The van der Waals surface area contributed by atoms with Crippen LogP contribution in [0.15, 0.2) is 18.5 Å². The number of carbonyl (C=O) groups excluding carboxylic acids is 1. The summed E-state index contributed by atoms with van der Waals surface area (Å²) in [5, 5.41) is 12.6. The Bertz CT molecular complexity index is 420. The first-order valence-electron chi connectivity index (χ1n) is 6.60. The zero-order valence-electron chi connectivity index (χ0n) is 10.7. The monoisotopic (exact) mass is 248 g/mol. The van der Waals surface area contributed by atoms with Crippen molar-refractivity contribution in [3.8, 4) is 5.75 Å². The SMILES string of the molecule is CC1CCCC(NC(=O)c2ccncc2O)CC1. The molecule has 98 valence electrons. The van der Waals surface area contributed by atoms with Gasteiger partial charge in [0.25, 0.3) is 5.91 Å². The molecule has 1 aromatic heterocycles. The first-order chi connectivity index (χ1) is 8.66. The van der Waals surface area contributed by atoms with Crippen LogP contribution in [-0.4, -0.2) is 22.0 Å². The molecule has 0 aliphatic heterocycles. The maximum Gasteiger partial charge on any atom is 0.255 e. The van der Waals surface area contributed by atoms with Crippen LogP contribution >= 0.6 is 0 Å². The van der Waals surface area contributed by atoms with Crippen LogP contribution in [-0.2, 0) is 0 Å². The predicted octanol–water partition coefficient (Wildman–Crippen LogP) is 2.49. The second kappa shape index (κ2) is 5.85. The van der Waals surface area contributed by atoms with Gasteiger partial charge in [0.1, 0.15) is 5.75 Å². The van der Waals surface area contributed by atoms with Crippen molar-refractivity contribution >= 4 is 5.91 Å². The van der Waals surface area contributed by atoms with Crippen LogP contribution in [0.25, 0.3) is 0 Å². The lowest BCUT2D eigenvalue weighted by atomic mass is 10.0. The Balaban J connectivity index is 1.97. The van der Waals surface area contributed by atoms with E-state index >= 15 is 0 Å². The summed E-state index contributed by atoms with van der Waals surface area (Å²) in [4.78, 5) is 15.8. The summed E-state index contributed by atoms with van der Waals surface area (Å²) in [7, 11) is 0. The van der Waals surface area contributed by atoms with Gasteiger partial charge in [-0.15, -0.1) is 0 Å². The van der Waals surface area contributed by atoms with E-state index < -0.39 is 0 Å². The molecule has 0 aromatic carbocycles. The van der Waals surface area contributed by atoms with Crippen LogP contribution in [0.3, 0.4) is 0 Å². The first-order valence-corrected chi connectivity index (χ1v) is 6.60. The Morgan fingerprint density at radius 1 is 1.39 bits per heavy atom. The molecule has 4 nitrogen and oxygen atoms in total. The summed E-state index contributed by atoms with van der Waals surface area (Å²) in [6, 6.07) is 1.78. The molecule has 1 aliphatic carbocycles. The van der Waals surface area contributed by atoms with Crippen molar-refractivity contribution in [1.29, 1.82) is 0 Å². The lowest BCUT2D eigenvalue weighted by Gasteiger charge is -2.16. The minimum Gasteiger partial charge on any atom is -0.505 e. The van der Waals surface area contributed by atoms with Crippen LogP contribution in [0.1, 0.15) is 49.4 Å². The van der Waals surface area contributed by atoms with Crippen LogP contribution in [0.2, 0.25) is 0 Å². The highest BCUT2D eigenvalue weighted by atomic mass is 16.3. The number of rotatable bonds is 2. The molecule has 1 saturated carbocycles. The predicted molar refractivity (Wildman–Crippen MR) is 69.4 cm³/mol. The summed E-state index contributed by atoms with van der Waals surface area (Å²) < 4.78 is 0. The van der Waals surface area contributed by atoms with Crippen LogP contribution < -0.4 is 5.32 Å². The number of amides is 1. The molecule has 1 aromatic rings. The average Bonchev–Trinajstić information content (AvgIpc) is 2.55. The van der Waals surface area contributed by atoms with E-state index in [1.807, 2.05) is 0 Å². The fraction of sp³-hybridized carbons (Fsp3) is 0.571. The third-order valence-electron chi connectivity index (χ3n) is 3.64. The molecule has 1 fully saturated rings. The van der Waals surface area contributed by atoms with Crippen molar-refractivity contribution in [3.05, 3.63) is 24.0 Å². The molecule has 4 heteroatoms. The normalized spacial score (nSPS) is 24.3. The van der Waals surface area contributed by atoms with E-state index in [1.54, 1.807) is 6.07 Å². The highest BCUT2D eigenvalue weighted by Crippen LogP contribution is 2.23. The van der Waals surface area contributed by atoms with Gasteiger partial charge in [0.05, 0.1) is 11.8 Å². The Hall–Kier alpha value is -1.58. The molecule has 18 heavy (non-hydrogen) atoms. The highest BCUT2D eigenvalue weighted by molar-refractivity contribution is 5.96. The lowest BCUT2D eigenvalue weighted by Crippen LogP contribution is -2.34. The van der Waals surface area contributed by atoms with E-state index in [0.717, 1.165) is 31.6 Å². The number of hydrogen-bond donors (Lipinski definition) is 2. The number of nitrogens with one attached hydrogen (secondary N) is 1. The number of pyridine rings is 1. The van der Waals surface area contributed by atoms with E-state index in [-0.39, 0.29) is 17.7 Å². The van der Waals surface area contributed by atoms with Crippen molar-refractivity contribution in [2.45, 2.75) is 45.1 Å². The van der Waals surface area contributed by atoms with E-state index in [9.17, 15) is 9.90 Å². The van der Waals surface area contributed by atoms with Crippen molar-refractivity contribution in [2.24, 2.45) is 5.92 Å². The molecular formula is C14H20N2O2. The van der Waals surface area contributed by atoms with E-state index in [0.29, 0.717) is 5.56 Å². The second-order valence-corrected chi connectivity index (χ2v) is 5.18. The van der Waals surface area contributed by atoms with Crippen molar-refractivity contribution in [1.82, 2.24) is 10.3 Å². The Labute approximate surface area is 107 Å². The van der Waals surface area contributed by atoms with Gasteiger partial charge >= 0.3 is 0 Å². The van der Waals surface area contributed by atoms with Crippen LogP contribution in [0.4, 0.5) is 0 Å². The van der Waals surface area contributed by atoms with Crippen molar-refractivity contribution in [2.75, 3.05) is 0 Å². The van der Waals surface area contributed by atoms with Gasteiger partial charge in [-0.3, -0.25) is 9.78 Å². The lowest BCUT2D eigenvalue weighted by molar-refractivity contribution is 0.0930. The summed E-state index contributed by atoms with van der Waals surface area (Å²) in [5.41, 5.74) is 0.308. The summed E-state index contributed by atoms with van der Waals surface area (Å²) >= 11 is 0. The Kier molecular flexibility index (Phi) is 4.18. The molecule has 0 radical (unpaired) electrons. The molecule has 0 spiro atoms. The van der Waals surface area contributed by atoms with Crippen molar-refractivity contribution in [3.63, 3.8) is 0 Å². The van der Waals surface area contributed by atoms with Crippen LogP contribution in [0.5, 0.6) is 5.75 Å². The van der Waals surface area contributed by atoms with Gasteiger partial charge in [0.15, 0.2) is 0 Å². The van der Waals surface area contributed by atoms with Gasteiger partial charge in [0.2, 0.25) is 0 Å². The quantitative estimate of drug-likeness (QED) is 0.790. The maximum absolute atomic E-state index is 12.0. The smallest absolute Gasteiger partial charge is 0.255 e. The minimum atomic E-state index is -0.200. The molecule has 0 saturated heterocycles. The highest BCUT2D eigenvalue weighted by Gasteiger charge is 2.19. The standard InChI is InChI=1S/C14H20N2O2/c1-10-3-2-4-11(6-5-10)16-14(18)12-7-8-15-9-13(12)17/h7-11,17H,2-6H2,1H3,(H,16,18). The van der Waals surface area contributed by atoms with E-state index in [2.05, 4.69) is 17.2 Å². The molecular weight excluding hydrogens is 228 g/mol. The zero-order valence-corrected chi connectivity index (χ0v) is 10.7. The third-order valence-corrected chi connectivity index (χ3v) is 3.64. The topological polar surface area (TPSA) is 62.2 Å². The van der Waals surface area contributed by atoms with Crippen LogP contribution in [0, 0.1) is 5.92 Å². The molecule has 2 unspecified atom stereocenters. The van der Waals surface area contributed by atoms with Crippen molar-refractivity contribution < 1.29 is 9.90 Å². The van der Waals surface area contributed by atoms with Gasteiger partial charge in [-0.25, -0.2) is 0 Å². The molecule has 2 N–H and O–H groups in total. The van der Waals surface area contributed by atoms with Gasteiger partial charge in [0, 0.05) is 12.2 Å². The zero-order chi connectivity index (χ0) is 13.0. The fourth-order valence-electron chi connectivity index (χ4n) is 2.47. The summed E-state index contributed by atoms with van der Waals surface area (Å²) in [6.45, 7) is 2.26. The fourth-order valence-corrected chi connectivity index (χ4v) is 2.47. The molecule has 1 amide bonds. The maximum atomic E-state index is 12.0. The van der Waals surface area contributed by atoms with E-state index in [4.69, 9.17) is 0 Å². The Morgan fingerprint density at radius 3 is 3.00 bits per heavy atom. The number of nitrogens with zero attached hydrogens (tertiary/aromatic N) is 1. The molecule has 1 heterocycles. The average molecular weight is 248 g/mol. The summed E-state index contributed by atoms with van der Waals surface area (Å²) in [6.07, 6.45) is 8.43. The first kappa shape index (κ1) is 12.9.